The van der Waals surface area contributed by atoms with E-state index in [1.165, 1.54) is 24.3 Å². The maximum Gasteiger partial charge on any atom is 0.238 e. The zero-order valence-corrected chi connectivity index (χ0v) is 15.9. The number of β-amino-alcohol motifs (C(OH)–C–C–N with tert-alkyl or cyclic N) is 1. The molecule has 1 aliphatic heterocycles. The molecule has 0 aromatic heterocycles. The van der Waals surface area contributed by atoms with Gasteiger partial charge in [-0.3, -0.25) is 9.69 Å². The molecule has 28 heavy (non-hydrogen) atoms. The van der Waals surface area contributed by atoms with E-state index in [1.807, 2.05) is 4.90 Å². The summed E-state index contributed by atoms with van der Waals surface area (Å²) in [6.45, 7) is 4.25. The smallest absolute Gasteiger partial charge is 0.238 e. The molecule has 0 saturated carbocycles. The van der Waals surface area contributed by atoms with E-state index in [1.54, 1.807) is 32.0 Å². The van der Waals surface area contributed by atoms with Crippen LogP contribution < -0.4 is 10.1 Å². The molecule has 2 aromatic carbocycles. The van der Waals surface area contributed by atoms with Crippen molar-refractivity contribution >= 4 is 11.6 Å². The standard InChI is InChI=1S/C21H24F2N2O3/c1-14-6-7-16(23)11-18(14)24-20(26)12-25-9-8-19(21(2,27)13-25)28-17-5-3-4-15(22)10-17/h3-7,10-11,19,27H,8-9,12-13H2,1-2H3,(H,24,26)/t19-,21-/m0/s1. The van der Waals surface area contributed by atoms with Crippen LogP contribution in [0.2, 0.25) is 0 Å². The molecule has 2 N–H and O–H groups in total. The molecular weight excluding hydrogens is 366 g/mol. The number of anilines is 1. The Hall–Kier alpha value is -2.51. The van der Waals surface area contributed by atoms with Gasteiger partial charge in [0.15, 0.2) is 0 Å². The summed E-state index contributed by atoms with van der Waals surface area (Å²) in [6, 6.07) is 10.0. The highest BCUT2D eigenvalue weighted by atomic mass is 19.1. The number of hydrogen-bond donors (Lipinski definition) is 2. The topological polar surface area (TPSA) is 61.8 Å². The van der Waals surface area contributed by atoms with Crippen LogP contribution in [-0.4, -0.2) is 47.3 Å². The van der Waals surface area contributed by atoms with E-state index in [2.05, 4.69) is 5.32 Å². The minimum Gasteiger partial charge on any atom is -0.487 e. The second-order valence-electron chi connectivity index (χ2n) is 7.43. The number of likely N-dealkylation sites (tertiary alicyclic amines) is 1. The van der Waals surface area contributed by atoms with Crippen molar-refractivity contribution in [2.45, 2.75) is 32.0 Å². The zero-order chi connectivity index (χ0) is 20.3. The highest BCUT2D eigenvalue weighted by molar-refractivity contribution is 5.93. The van der Waals surface area contributed by atoms with Crippen LogP contribution in [0.25, 0.3) is 0 Å². The molecule has 1 amide bonds. The van der Waals surface area contributed by atoms with E-state index < -0.39 is 23.3 Å². The Labute approximate surface area is 162 Å². The first-order chi connectivity index (χ1) is 13.2. The lowest BCUT2D eigenvalue weighted by Gasteiger charge is -2.42. The predicted octanol–water partition coefficient (Wildman–Crippen LogP) is 3.12. The fourth-order valence-electron chi connectivity index (χ4n) is 3.39. The number of aryl methyl sites for hydroxylation is 1. The normalized spacial score (nSPS) is 22.7. The van der Waals surface area contributed by atoms with E-state index in [9.17, 15) is 18.7 Å². The second kappa shape index (κ2) is 8.24. The third kappa shape index (κ3) is 5.05. The van der Waals surface area contributed by atoms with Crippen LogP contribution in [0.15, 0.2) is 42.5 Å². The van der Waals surface area contributed by atoms with Gasteiger partial charge in [0.1, 0.15) is 29.1 Å². The van der Waals surface area contributed by atoms with Gasteiger partial charge in [0.2, 0.25) is 5.91 Å². The van der Waals surface area contributed by atoms with Crippen molar-refractivity contribution in [3.05, 3.63) is 59.7 Å². The molecule has 0 bridgehead atoms. The molecule has 0 unspecified atom stereocenters. The molecule has 5 nitrogen and oxygen atoms in total. The first-order valence-electron chi connectivity index (χ1n) is 9.16. The Morgan fingerprint density at radius 3 is 2.75 bits per heavy atom. The number of carbonyl (C=O) groups excluding carboxylic acids is 1. The molecule has 1 saturated heterocycles. The Bertz CT molecular complexity index is 857. The summed E-state index contributed by atoms with van der Waals surface area (Å²) in [5.41, 5.74) is -0.00961. The first-order valence-corrected chi connectivity index (χ1v) is 9.16. The molecule has 1 fully saturated rings. The van der Waals surface area contributed by atoms with Crippen LogP contribution in [0.5, 0.6) is 5.75 Å². The molecular formula is C21H24F2N2O3. The van der Waals surface area contributed by atoms with Gasteiger partial charge < -0.3 is 15.2 Å². The molecule has 1 heterocycles. The zero-order valence-electron chi connectivity index (χ0n) is 15.9. The molecule has 0 radical (unpaired) electrons. The highest BCUT2D eigenvalue weighted by Gasteiger charge is 2.40. The third-order valence-corrected chi connectivity index (χ3v) is 4.86. The van der Waals surface area contributed by atoms with Crippen LogP contribution >= 0.6 is 0 Å². The van der Waals surface area contributed by atoms with Gasteiger partial charge in [-0.15, -0.1) is 0 Å². The maximum absolute atomic E-state index is 13.4. The number of piperidine rings is 1. The number of aliphatic hydroxyl groups is 1. The molecule has 0 aliphatic carbocycles. The minimum atomic E-state index is -1.21. The number of amides is 1. The fourth-order valence-corrected chi connectivity index (χ4v) is 3.39. The number of nitrogens with one attached hydrogen (secondary N) is 1. The summed E-state index contributed by atoms with van der Waals surface area (Å²) >= 11 is 0. The molecule has 7 heteroatoms. The quantitative estimate of drug-likeness (QED) is 0.824. The average molecular weight is 390 g/mol. The van der Waals surface area contributed by atoms with Gasteiger partial charge in [0.25, 0.3) is 0 Å². The van der Waals surface area contributed by atoms with Crippen molar-refractivity contribution in [3.63, 3.8) is 0 Å². The molecule has 0 spiro atoms. The van der Waals surface area contributed by atoms with Crippen LogP contribution in [0.3, 0.4) is 0 Å². The summed E-state index contributed by atoms with van der Waals surface area (Å²) in [6.07, 6.45) is -0.0328. The van der Waals surface area contributed by atoms with E-state index in [0.29, 0.717) is 24.4 Å². The van der Waals surface area contributed by atoms with Crippen molar-refractivity contribution in [1.29, 1.82) is 0 Å². The third-order valence-electron chi connectivity index (χ3n) is 4.86. The predicted molar refractivity (Wildman–Crippen MR) is 102 cm³/mol. The molecule has 2 aromatic rings. The van der Waals surface area contributed by atoms with Gasteiger partial charge in [-0.25, -0.2) is 8.78 Å². The van der Waals surface area contributed by atoms with Crippen molar-refractivity contribution in [1.82, 2.24) is 4.90 Å². The molecule has 150 valence electrons. The summed E-state index contributed by atoms with van der Waals surface area (Å²) in [7, 11) is 0. The first kappa shape index (κ1) is 20.2. The van der Waals surface area contributed by atoms with Gasteiger partial charge in [0.05, 0.1) is 6.54 Å². The molecule has 2 atom stereocenters. The summed E-state index contributed by atoms with van der Waals surface area (Å²) < 4.78 is 32.5. The highest BCUT2D eigenvalue weighted by Crippen LogP contribution is 2.27. The molecule has 1 aliphatic rings. The van der Waals surface area contributed by atoms with Gasteiger partial charge in [-0.2, -0.15) is 0 Å². The summed E-state index contributed by atoms with van der Waals surface area (Å²) in [4.78, 5) is 14.2. The van der Waals surface area contributed by atoms with E-state index in [0.717, 1.165) is 5.56 Å². The Kier molecular flexibility index (Phi) is 5.96. The van der Waals surface area contributed by atoms with Gasteiger partial charge >= 0.3 is 0 Å². The lowest BCUT2D eigenvalue weighted by atomic mass is 9.91. The van der Waals surface area contributed by atoms with E-state index >= 15 is 0 Å². The Morgan fingerprint density at radius 1 is 1.29 bits per heavy atom. The van der Waals surface area contributed by atoms with Crippen molar-refractivity contribution in [3.8, 4) is 5.75 Å². The lowest BCUT2D eigenvalue weighted by molar-refractivity contribution is -0.123. The van der Waals surface area contributed by atoms with Crippen LogP contribution in [0.4, 0.5) is 14.5 Å². The van der Waals surface area contributed by atoms with Crippen molar-refractivity contribution in [2.24, 2.45) is 0 Å². The van der Waals surface area contributed by atoms with Gasteiger partial charge in [-0.1, -0.05) is 12.1 Å². The number of benzene rings is 2. The number of nitrogens with zero attached hydrogens (tertiary/aromatic N) is 1. The number of ether oxygens (including phenoxy) is 1. The minimum absolute atomic E-state index is 0.0682. The van der Waals surface area contributed by atoms with Crippen LogP contribution in [0, 0.1) is 18.6 Å². The monoisotopic (exact) mass is 390 g/mol. The largest absolute Gasteiger partial charge is 0.487 e. The average Bonchev–Trinajstić information content (AvgIpc) is 2.60. The lowest BCUT2D eigenvalue weighted by Crippen LogP contribution is -2.58. The van der Waals surface area contributed by atoms with Crippen LogP contribution in [-0.2, 0) is 4.79 Å². The number of rotatable bonds is 5. The fraction of sp³-hybridized carbons (Fsp3) is 0.381. The SMILES string of the molecule is Cc1ccc(F)cc1NC(=O)CN1CC[C@H](Oc2cccc(F)c2)[C@@](C)(O)C1. The van der Waals surface area contributed by atoms with E-state index in [4.69, 9.17) is 4.74 Å². The maximum atomic E-state index is 13.4. The number of carbonyl (C=O) groups is 1. The summed E-state index contributed by atoms with van der Waals surface area (Å²) in [5, 5.41) is 13.5. The number of hydrogen-bond acceptors (Lipinski definition) is 4. The van der Waals surface area contributed by atoms with Crippen LogP contribution in [0.1, 0.15) is 18.9 Å². The Morgan fingerprint density at radius 2 is 2.04 bits per heavy atom. The summed E-state index contributed by atoms with van der Waals surface area (Å²) in [5.74, 6) is -0.745. The second-order valence-corrected chi connectivity index (χ2v) is 7.43. The number of halogens is 2. The van der Waals surface area contributed by atoms with Gasteiger partial charge in [-0.05, 0) is 50.1 Å². The van der Waals surface area contributed by atoms with Crippen molar-refractivity contribution in [2.75, 3.05) is 25.0 Å². The molecule has 3 rings (SSSR count). The Balaban J connectivity index is 1.57. The van der Waals surface area contributed by atoms with Gasteiger partial charge in [0, 0.05) is 24.8 Å². The van der Waals surface area contributed by atoms with E-state index in [-0.39, 0.29) is 19.0 Å². The van der Waals surface area contributed by atoms with Crippen molar-refractivity contribution < 1.29 is 23.4 Å².